The number of hydrogen-bond donors (Lipinski definition) is 1. The number of benzene rings is 2. The number of rotatable bonds is 7. The molecule has 1 saturated carbocycles. The first-order valence-corrected chi connectivity index (χ1v) is 12.3. The van der Waals surface area contributed by atoms with Crippen LogP contribution in [0.2, 0.25) is 0 Å². The molecule has 0 amide bonds. The molecule has 4 rings (SSSR count). The third-order valence-electron chi connectivity index (χ3n) is 6.50. The van der Waals surface area contributed by atoms with E-state index in [0.29, 0.717) is 17.4 Å². The number of anilines is 2. The number of nitrogens with one attached hydrogen (secondary N) is 1. The maximum absolute atomic E-state index is 5.81. The van der Waals surface area contributed by atoms with E-state index in [1.165, 1.54) is 30.3 Å². The molecule has 1 N–H and O–H groups in total. The second-order valence-corrected chi connectivity index (χ2v) is 10.8. The minimum atomic E-state index is 0.173. The van der Waals surface area contributed by atoms with Gasteiger partial charge in [0.15, 0.2) is 0 Å². The van der Waals surface area contributed by atoms with Crippen molar-refractivity contribution in [3.05, 3.63) is 48.0 Å². The predicted octanol–water partition coefficient (Wildman–Crippen LogP) is 7.91. The van der Waals surface area contributed by atoms with Crippen LogP contribution in [-0.4, -0.2) is 15.7 Å². The van der Waals surface area contributed by atoms with Gasteiger partial charge >= 0.3 is 0 Å². The Hall–Kier alpha value is -2.49. The molecule has 172 valence electrons. The smallest absolute Gasteiger partial charge is 0.208 e. The molecule has 1 heterocycles. The Bertz CT molecular complexity index is 1050. The van der Waals surface area contributed by atoms with Gasteiger partial charge in [-0.2, -0.15) is 0 Å². The summed E-state index contributed by atoms with van der Waals surface area (Å²) >= 11 is 0. The van der Waals surface area contributed by atoms with Gasteiger partial charge in [-0.05, 0) is 92.8 Å². The second kappa shape index (κ2) is 9.17. The number of imidazole rings is 1. The largest absolute Gasteiger partial charge is 0.491 e. The van der Waals surface area contributed by atoms with Crippen molar-refractivity contribution in [3.8, 4) is 5.75 Å². The SMILES string of the molecule is CCCc1ccc2c(c1)nc(Nc1ccc(OC(C)C)cc1)n2[C@@H]1C[C@H](C)CC(C)(C)C1. The summed E-state index contributed by atoms with van der Waals surface area (Å²) in [7, 11) is 0. The maximum atomic E-state index is 5.81. The average molecular weight is 434 g/mol. The van der Waals surface area contributed by atoms with Crippen molar-refractivity contribution in [1.82, 2.24) is 9.55 Å². The summed E-state index contributed by atoms with van der Waals surface area (Å²) in [6.45, 7) is 13.5. The summed E-state index contributed by atoms with van der Waals surface area (Å²) in [5.74, 6) is 2.55. The molecule has 0 radical (unpaired) electrons. The second-order valence-electron chi connectivity index (χ2n) is 10.8. The molecule has 0 unspecified atom stereocenters. The zero-order chi connectivity index (χ0) is 22.9. The van der Waals surface area contributed by atoms with Crippen molar-refractivity contribution in [2.24, 2.45) is 11.3 Å². The number of aryl methyl sites for hydroxylation is 1. The van der Waals surface area contributed by atoms with E-state index in [1.54, 1.807) is 0 Å². The monoisotopic (exact) mass is 433 g/mol. The summed E-state index contributed by atoms with van der Waals surface area (Å²) in [6, 6.07) is 15.5. The van der Waals surface area contributed by atoms with Gasteiger partial charge in [0, 0.05) is 11.7 Å². The number of ether oxygens (including phenoxy) is 1. The van der Waals surface area contributed by atoms with E-state index in [1.807, 2.05) is 26.0 Å². The van der Waals surface area contributed by atoms with Crippen LogP contribution >= 0.6 is 0 Å². The van der Waals surface area contributed by atoms with E-state index in [4.69, 9.17) is 9.72 Å². The molecule has 3 aromatic rings. The molecule has 0 aliphatic heterocycles. The highest BCUT2D eigenvalue weighted by atomic mass is 16.5. The van der Waals surface area contributed by atoms with Crippen LogP contribution in [0, 0.1) is 11.3 Å². The number of fused-ring (bicyclic) bond motifs is 1. The minimum Gasteiger partial charge on any atom is -0.491 e. The third-order valence-corrected chi connectivity index (χ3v) is 6.50. The van der Waals surface area contributed by atoms with E-state index < -0.39 is 0 Å². The van der Waals surface area contributed by atoms with E-state index in [-0.39, 0.29) is 6.10 Å². The highest BCUT2D eigenvalue weighted by Crippen LogP contribution is 2.46. The molecule has 2 atom stereocenters. The lowest BCUT2D eigenvalue weighted by molar-refractivity contribution is 0.140. The molecule has 2 aromatic carbocycles. The highest BCUT2D eigenvalue weighted by Gasteiger charge is 2.34. The first-order chi connectivity index (χ1) is 15.2. The Morgan fingerprint density at radius 2 is 1.88 bits per heavy atom. The standard InChI is InChI=1S/C28H39N3O/c1-7-8-21-9-14-26-25(16-21)30-27(29-22-10-12-24(13-11-22)32-19(2)3)31(26)23-15-20(4)17-28(5,6)18-23/h9-14,16,19-20,23H,7-8,15,17-18H2,1-6H3,(H,29,30)/t20-,23+/m0/s1. The van der Waals surface area contributed by atoms with Crippen molar-refractivity contribution in [3.63, 3.8) is 0 Å². The molecule has 0 saturated heterocycles. The Balaban J connectivity index is 1.72. The predicted molar refractivity (Wildman–Crippen MR) is 135 cm³/mol. The van der Waals surface area contributed by atoms with Crippen LogP contribution in [0.3, 0.4) is 0 Å². The minimum absolute atomic E-state index is 0.173. The fourth-order valence-corrected chi connectivity index (χ4v) is 5.56. The number of hydrogen-bond acceptors (Lipinski definition) is 3. The van der Waals surface area contributed by atoms with Gasteiger partial charge in [-0.15, -0.1) is 0 Å². The van der Waals surface area contributed by atoms with Gasteiger partial charge in [0.2, 0.25) is 5.95 Å². The van der Waals surface area contributed by atoms with Gasteiger partial charge < -0.3 is 14.6 Å². The summed E-state index contributed by atoms with van der Waals surface area (Å²) in [4.78, 5) is 5.09. The zero-order valence-corrected chi connectivity index (χ0v) is 20.6. The van der Waals surface area contributed by atoms with Gasteiger partial charge in [-0.1, -0.05) is 40.2 Å². The van der Waals surface area contributed by atoms with Crippen LogP contribution in [0.4, 0.5) is 11.6 Å². The summed E-state index contributed by atoms with van der Waals surface area (Å²) in [5, 5.41) is 3.63. The van der Waals surface area contributed by atoms with Crippen LogP contribution < -0.4 is 10.1 Å². The maximum Gasteiger partial charge on any atom is 0.208 e. The molecular weight excluding hydrogens is 394 g/mol. The molecule has 4 heteroatoms. The van der Waals surface area contributed by atoms with Crippen molar-refractivity contribution in [1.29, 1.82) is 0 Å². The Labute approximate surface area is 193 Å². The van der Waals surface area contributed by atoms with E-state index in [9.17, 15) is 0 Å². The van der Waals surface area contributed by atoms with E-state index in [0.717, 1.165) is 35.7 Å². The van der Waals surface area contributed by atoms with Crippen LogP contribution in [0.15, 0.2) is 42.5 Å². The van der Waals surface area contributed by atoms with E-state index >= 15 is 0 Å². The lowest BCUT2D eigenvalue weighted by Gasteiger charge is -2.40. The molecule has 0 spiro atoms. The van der Waals surface area contributed by atoms with Crippen LogP contribution in [0.1, 0.15) is 78.8 Å². The third kappa shape index (κ3) is 5.11. The lowest BCUT2D eigenvalue weighted by Crippen LogP contribution is -2.29. The van der Waals surface area contributed by atoms with Crippen molar-refractivity contribution in [2.75, 3.05) is 5.32 Å². The van der Waals surface area contributed by atoms with Crippen molar-refractivity contribution >= 4 is 22.7 Å². The fourth-order valence-electron chi connectivity index (χ4n) is 5.56. The summed E-state index contributed by atoms with van der Waals surface area (Å²) in [5.41, 5.74) is 5.07. The normalized spacial score (nSPS) is 20.6. The zero-order valence-electron chi connectivity index (χ0n) is 20.6. The molecule has 1 aromatic heterocycles. The lowest BCUT2D eigenvalue weighted by atomic mass is 9.70. The topological polar surface area (TPSA) is 39.1 Å². The van der Waals surface area contributed by atoms with Gasteiger partial charge in [-0.3, -0.25) is 0 Å². The Morgan fingerprint density at radius 3 is 2.53 bits per heavy atom. The van der Waals surface area contributed by atoms with Gasteiger partial charge in [0.05, 0.1) is 17.1 Å². The first-order valence-electron chi connectivity index (χ1n) is 12.3. The first kappa shape index (κ1) is 22.7. The fraction of sp³-hybridized carbons (Fsp3) is 0.536. The quantitative estimate of drug-likeness (QED) is 0.411. The summed E-state index contributed by atoms with van der Waals surface area (Å²) < 4.78 is 8.28. The highest BCUT2D eigenvalue weighted by molar-refractivity contribution is 5.80. The van der Waals surface area contributed by atoms with Crippen LogP contribution in [0.25, 0.3) is 11.0 Å². The average Bonchev–Trinajstić information content (AvgIpc) is 3.05. The van der Waals surface area contributed by atoms with Crippen molar-refractivity contribution < 1.29 is 4.74 Å². The van der Waals surface area contributed by atoms with Crippen LogP contribution in [0.5, 0.6) is 5.75 Å². The Kier molecular flexibility index (Phi) is 6.50. The summed E-state index contributed by atoms with van der Waals surface area (Å²) in [6.07, 6.45) is 6.08. The molecular formula is C28H39N3O. The number of nitrogens with zero attached hydrogens (tertiary/aromatic N) is 2. The van der Waals surface area contributed by atoms with Crippen molar-refractivity contribution in [2.45, 2.75) is 85.8 Å². The molecule has 4 nitrogen and oxygen atoms in total. The van der Waals surface area contributed by atoms with Gasteiger partial charge in [-0.25, -0.2) is 4.98 Å². The van der Waals surface area contributed by atoms with Crippen LogP contribution in [-0.2, 0) is 6.42 Å². The molecule has 0 bridgehead atoms. The molecule has 32 heavy (non-hydrogen) atoms. The molecule has 1 fully saturated rings. The van der Waals surface area contributed by atoms with E-state index in [2.05, 4.69) is 67.9 Å². The molecule has 1 aliphatic carbocycles. The van der Waals surface area contributed by atoms with Gasteiger partial charge in [0.1, 0.15) is 5.75 Å². The molecule has 1 aliphatic rings. The van der Waals surface area contributed by atoms with Gasteiger partial charge in [0.25, 0.3) is 0 Å². The number of aromatic nitrogens is 2. The Morgan fingerprint density at radius 1 is 1.12 bits per heavy atom.